The molecule has 0 amide bonds. The van der Waals surface area contributed by atoms with E-state index in [1.807, 2.05) is 0 Å². The third-order valence-corrected chi connectivity index (χ3v) is 10.3. The molecule has 0 bridgehead atoms. The van der Waals surface area contributed by atoms with E-state index in [1.165, 1.54) is 6.07 Å². The molecule has 0 fully saturated rings. The molecule has 2 unspecified atom stereocenters. The standard InChI is InChI=1S/C36H50N4O6S/c1-6-11-18-26(8-3)24-40(25-27(9-4)19-12-7-2)47(44,45)30-23-17-16-22-29(30)38-39-33-31(28-20-14-13-15-21-28)32(36(43)46-10-5)34(41)37-35(33)42/h13-17,20-23,26-27H,6-12,18-19,24-25H2,1-5H3,(H2,37,41,42). The first kappa shape index (κ1) is 37.6. The van der Waals surface area contributed by atoms with Gasteiger partial charge in [0, 0.05) is 18.7 Å². The Balaban J connectivity index is 2.16. The molecule has 1 heterocycles. The quantitative estimate of drug-likeness (QED) is 0.0968. The monoisotopic (exact) mass is 666 g/mol. The highest BCUT2D eigenvalue weighted by atomic mass is 32.2. The van der Waals surface area contributed by atoms with Crippen LogP contribution in [0, 0.1) is 11.8 Å². The van der Waals surface area contributed by atoms with Gasteiger partial charge in [0.2, 0.25) is 15.9 Å². The molecule has 3 rings (SSSR count). The van der Waals surface area contributed by atoms with Crippen LogP contribution in [0.25, 0.3) is 11.1 Å². The molecular weight excluding hydrogens is 616 g/mol. The number of aromatic nitrogens is 1. The van der Waals surface area contributed by atoms with E-state index in [9.17, 15) is 23.1 Å². The van der Waals surface area contributed by atoms with Crippen LogP contribution in [0.1, 0.15) is 96.3 Å². The Morgan fingerprint density at radius 2 is 1.45 bits per heavy atom. The van der Waals surface area contributed by atoms with Gasteiger partial charge in [-0.1, -0.05) is 109 Å². The molecule has 2 aromatic carbocycles. The molecule has 0 radical (unpaired) electrons. The van der Waals surface area contributed by atoms with Crippen LogP contribution in [-0.4, -0.2) is 48.5 Å². The van der Waals surface area contributed by atoms with Gasteiger partial charge in [-0.2, -0.15) is 4.31 Å². The van der Waals surface area contributed by atoms with Crippen molar-refractivity contribution < 1.29 is 23.1 Å². The lowest BCUT2D eigenvalue weighted by Gasteiger charge is -2.30. The van der Waals surface area contributed by atoms with Gasteiger partial charge in [-0.25, -0.2) is 13.2 Å². The Morgan fingerprint density at radius 1 is 0.872 bits per heavy atom. The summed E-state index contributed by atoms with van der Waals surface area (Å²) < 4.78 is 35.8. The Morgan fingerprint density at radius 3 is 2.00 bits per heavy atom. The number of benzene rings is 2. The highest BCUT2D eigenvalue weighted by Gasteiger charge is 2.31. The molecule has 256 valence electrons. The number of nitrogens with one attached hydrogen (secondary N) is 1. The largest absolute Gasteiger partial charge is 0.494 e. The normalized spacial score (nSPS) is 13.2. The number of azo groups is 1. The first-order chi connectivity index (χ1) is 22.6. The summed E-state index contributed by atoms with van der Waals surface area (Å²) in [7, 11) is -4.03. The Labute approximate surface area is 279 Å². The molecule has 0 aliphatic rings. The molecule has 0 aliphatic heterocycles. The molecule has 10 nitrogen and oxygen atoms in total. The van der Waals surface area contributed by atoms with Crippen molar-refractivity contribution in [3.8, 4) is 17.0 Å². The average molecular weight is 667 g/mol. The summed E-state index contributed by atoms with van der Waals surface area (Å²) >= 11 is 0. The van der Waals surface area contributed by atoms with Gasteiger partial charge in [0.1, 0.15) is 16.1 Å². The van der Waals surface area contributed by atoms with E-state index in [1.54, 1.807) is 59.8 Å². The van der Waals surface area contributed by atoms with E-state index in [2.05, 4.69) is 42.9 Å². The number of ether oxygens (including phenoxy) is 1. The highest BCUT2D eigenvalue weighted by Crippen LogP contribution is 2.37. The molecule has 0 spiro atoms. The smallest absolute Gasteiger partial charge is 0.344 e. The number of nitrogens with zero attached hydrogens (tertiary/aromatic N) is 3. The first-order valence-corrected chi connectivity index (χ1v) is 18.3. The lowest BCUT2D eigenvalue weighted by atomic mass is 9.97. The summed E-state index contributed by atoms with van der Waals surface area (Å²) in [6.07, 6.45) is 7.77. The number of aromatic amines is 1. The van der Waals surface area contributed by atoms with E-state index in [0.717, 1.165) is 51.4 Å². The molecule has 1 aromatic heterocycles. The predicted octanol–water partition coefficient (Wildman–Crippen LogP) is 8.76. The van der Waals surface area contributed by atoms with Gasteiger partial charge in [-0.3, -0.25) is 9.78 Å². The number of H-pyrrole nitrogens is 1. The number of sulfonamides is 1. The Kier molecular flexibility index (Phi) is 14.8. The number of esters is 1. The second-order valence-corrected chi connectivity index (χ2v) is 13.7. The van der Waals surface area contributed by atoms with Crippen LogP contribution in [0.15, 0.2) is 74.5 Å². The molecule has 2 atom stereocenters. The zero-order chi connectivity index (χ0) is 34.4. The van der Waals surface area contributed by atoms with Crippen LogP contribution in [-0.2, 0) is 14.8 Å². The van der Waals surface area contributed by atoms with Crippen molar-refractivity contribution in [2.75, 3.05) is 19.7 Å². The molecule has 47 heavy (non-hydrogen) atoms. The van der Waals surface area contributed by atoms with Crippen molar-refractivity contribution in [1.29, 1.82) is 0 Å². The third-order valence-electron chi connectivity index (χ3n) is 8.46. The van der Waals surface area contributed by atoms with Crippen LogP contribution < -0.4 is 5.56 Å². The van der Waals surface area contributed by atoms with Crippen LogP contribution >= 0.6 is 0 Å². The molecule has 11 heteroatoms. The van der Waals surface area contributed by atoms with Crippen LogP contribution in [0.2, 0.25) is 0 Å². The van der Waals surface area contributed by atoms with Crippen LogP contribution in [0.4, 0.5) is 11.4 Å². The number of aromatic hydroxyl groups is 1. The zero-order valence-electron chi connectivity index (χ0n) is 28.4. The lowest BCUT2D eigenvalue weighted by Crippen LogP contribution is -2.39. The maximum absolute atomic E-state index is 14.5. The van der Waals surface area contributed by atoms with E-state index in [-0.39, 0.29) is 45.8 Å². The van der Waals surface area contributed by atoms with Gasteiger partial charge in [0.25, 0.3) is 5.56 Å². The predicted molar refractivity (Wildman–Crippen MR) is 186 cm³/mol. The van der Waals surface area contributed by atoms with Gasteiger partial charge in [-0.15, -0.1) is 10.2 Å². The fourth-order valence-electron chi connectivity index (χ4n) is 5.65. The topological polar surface area (TPSA) is 141 Å². The molecule has 0 saturated heterocycles. The zero-order valence-corrected chi connectivity index (χ0v) is 29.2. The SMILES string of the molecule is CCCCC(CC)CN(CC(CC)CCCC)S(=O)(=O)c1ccccc1N=Nc1c(-c2ccccc2)c(C(=O)OCC)c(O)[nH]c1=O. The van der Waals surface area contributed by atoms with Crippen molar-refractivity contribution in [2.24, 2.45) is 22.1 Å². The summed E-state index contributed by atoms with van der Waals surface area (Å²) in [6, 6.07) is 14.9. The number of hydrogen-bond donors (Lipinski definition) is 2. The third kappa shape index (κ3) is 9.84. The maximum atomic E-state index is 14.5. The number of carbonyl (C=O) groups is 1. The number of unbranched alkanes of at least 4 members (excludes halogenated alkanes) is 2. The first-order valence-electron chi connectivity index (χ1n) is 16.8. The summed E-state index contributed by atoms with van der Waals surface area (Å²) in [5.74, 6) is -1.08. The van der Waals surface area contributed by atoms with Crippen molar-refractivity contribution in [3.63, 3.8) is 0 Å². The average Bonchev–Trinajstić information content (AvgIpc) is 3.07. The maximum Gasteiger partial charge on any atom is 0.344 e. The molecule has 0 aliphatic carbocycles. The van der Waals surface area contributed by atoms with Gasteiger partial charge in [0.15, 0.2) is 5.69 Å². The molecule has 2 N–H and O–H groups in total. The minimum atomic E-state index is -4.03. The van der Waals surface area contributed by atoms with Gasteiger partial charge in [0.05, 0.1) is 6.61 Å². The number of rotatable bonds is 19. The fourth-order valence-corrected chi connectivity index (χ4v) is 7.36. The van der Waals surface area contributed by atoms with E-state index >= 15 is 0 Å². The lowest BCUT2D eigenvalue weighted by molar-refractivity contribution is 0.0523. The number of hydrogen-bond acceptors (Lipinski definition) is 8. The number of carbonyl (C=O) groups excluding carboxylic acids is 1. The summed E-state index contributed by atoms with van der Waals surface area (Å²) in [5.41, 5.74) is -0.826. The highest BCUT2D eigenvalue weighted by molar-refractivity contribution is 7.89. The minimum absolute atomic E-state index is 0.0125. The van der Waals surface area contributed by atoms with E-state index in [0.29, 0.717) is 18.7 Å². The van der Waals surface area contributed by atoms with Crippen LogP contribution in [0.5, 0.6) is 5.88 Å². The molecule has 0 saturated carbocycles. The summed E-state index contributed by atoms with van der Waals surface area (Å²) in [5, 5.41) is 19.2. The second kappa shape index (κ2) is 18.5. The molecular formula is C36H50N4O6S. The second-order valence-electron chi connectivity index (χ2n) is 11.8. The van der Waals surface area contributed by atoms with Crippen molar-refractivity contribution in [1.82, 2.24) is 9.29 Å². The van der Waals surface area contributed by atoms with Gasteiger partial charge >= 0.3 is 5.97 Å². The number of pyridine rings is 1. The molecule has 3 aromatic rings. The van der Waals surface area contributed by atoms with E-state index in [4.69, 9.17) is 4.74 Å². The Hall–Kier alpha value is -3.83. The fraction of sp³-hybridized carbons (Fsp3) is 0.500. The minimum Gasteiger partial charge on any atom is -0.494 e. The van der Waals surface area contributed by atoms with Crippen molar-refractivity contribution in [2.45, 2.75) is 90.9 Å². The Bertz CT molecular complexity index is 1620. The van der Waals surface area contributed by atoms with Crippen LogP contribution in [0.3, 0.4) is 0 Å². The van der Waals surface area contributed by atoms with E-state index < -0.39 is 27.4 Å². The summed E-state index contributed by atoms with van der Waals surface area (Å²) in [4.78, 5) is 28.4. The van der Waals surface area contributed by atoms with Gasteiger partial charge < -0.3 is 9.84 Å². The summed E-state index contributed by atoms with van der Waals surface area (Å²) in [6.45, 7) is 11.0. The van der Waals surface area contributed by atoms with Crippen molar-refractivity contribution >= 4 is 27.4 Å². The van der Waals surface area contributed by atoms with Crippen molar-refractivity contribution in [3.05, 3.63) is 70.5 Å². The van der Waals surface area contributed by atoms with Gasteiger partial charge in [-0.05, 0) is 49.3 Å².